The summed E-state index contributed by atoms with van der Waals surface area (Å²) in [5.41, 5.74) is 2.12. The van der Waals surface area contributed by atoms with Crippen LogP contribution in [0, 0.1) is 0 Å². The third kappa shape index (κ3) is 6.13. The molecule has 2 aromatic rings. The van der Waals surface area contributed by atoms with E-state index < -0.39 is 0 Å². The topological polar surface area (TPSA) is 67.8 Å². The minimum Gasteiger partial charge on any atom is -0.493 e. The quantitative estimate of drug-likeness (QED) is 0.551. The molecule has 0 radical (unpaired) electrons. The number of rotatable bonds is 7. The second-order valence-electron chi connectivity index (χ2n) is 7.05. The molecule has 1 aromatic heterocycles. The Morgan fingerprint density at radius 2 is 2.04 bits per heavy atom. The summed E-state index contributed by atoms with van der Waals surface area (Å²) in [4.78, 5) is 9.00. The highest BCUT2D eigenvalue weighted by molar-refractivity contribution is 7.09. The fourth-order valence-electron chi connectivity index (χ4n) is 2.39. The molecular weight excluding hydrogens is 360 g/mol. The Balaban J connectivity index is 1.91. The summed E-state index contributed by atoms with van der Waals surface area (Å²) in [6.45, 7) is 9.85. The van der Waals surface area contributed by atoms with E-state index in [4.69, 9.17) is 14.5 Å². The van der Waals surface area contributed by atoms with Crippen LogP contribution in [0.3, 0.4) is 0 Å². The van der Waals surface area contributed by atoms with Crippen molar-refractivity contribution >= 4 is 23.0 Å². The molecule has 0 saturated heterocycles. The number of guanidine groups is 1. The maximum absolute atomic E-state index is 5.55. The number of methoxy groups -OCH3 is 1. The number of hydrogen-bond donors (Lipinski definition) is 2. The summed E-state index contributed by atoms with van der Waals surface area (Å²) in [6, 6.07) is 5.73. The van der Waals surface area contributed by atoms with Gasteiger partial charge in [-0.2, -0.15) is 0 Å². The van der Waals surface area contributed by atoms with E-state index in [0.29, 0.717) is 18.3 Å². The van der Waals surface area contributed by atoms with Gasteiger partial charge in [0.1, 0.15) is 0 Å². The van der Waals surface area contributed by atoms with Gasteiger partial charge in [-0.1, -0.05) is 20.8 Å². The van der Waals surface area contributed by atoms with Crippen LogP contribution in [0.25, 0.3) is 0 Å². The Kier molecular flexibility index (Phi) is 7.47. The molecule has 0 aliphatic heterocycles. The van der Waals surface area contributed by atoms with Gasteiger partial charge in [-0.3, -0.25) is 4.99 Å². The molecule has 1 aromatic carbocycles. The molecule has 2 rings (SSSR count). The number of nitrogens with one attached hydrogen (secondary N) is 2. The van der Waals surface area contributed by atoms with Crippen LogP contribution in [0.5, 0.6) is 11.5 Å². The zero-order chi connectivity index (χ0) is 19.9. The Morgan fingerprint density at radius 1 is 1.26 bits per heavy atom. The summed E-state index contributed by atoms with van der Waals surface area (Å²) in [5.74, 6) is 2.12. The average Bonchev–Trinajstić information content (AvgIpc) is 3.11. The molecule has 148 valence electrons. The van der Waals surface area contributed by atoms with Crippen LogP contribution in [-0.4, -0.2) is 38.3 Å². The van der Waals surface area contributed by atoms with Crippen molar-refractivity contribution in [1.82, 2.24) is 10.3 Å². The Labute approximate surface area is 166 Å². The van der Waals surface area contributed by atoms with Gasteiger partial charge in [0.05, 0.1) is 24.4 Å². The van der Waals surface area contributed by atoms with Gasteiger partial charge in [0.25, 0.3) is 0 Å². The average molecular weight is 391 g/mol. The molecule has 0 fully saturated rings. The Hall–Kier alpha value is -2.28. The van der Waals surface area contributed by atoms with Crippen LogP contribution < -0.4 is 20.1 Å². The maximum Gasteiger partial charge on any atom is 0.195 e. The number of ether oxygens (including phenoxy) is 2. The van der Waals surface area contributed by atoms with Crippen LogP contribution in [0.15, 0.2) is 28.6 Å². The number of aromatic nitrogens is 1. The molecule has 0 amide bonds. The van der Waals surface area contributed by atoms with E-state index in [1.165, 1.54) is 0 Å². The predicted octanol–water partition coefficient (Wildman–Crippen LogP) is 4.08. The van der Waals surface area contributed by atoms with Crippen molar-refractivity contribution in [3.63, 3.8) is 0 Å². The van der Waals surface area contributed by atoms with Gasteiger partial charge >= 0.3 is 0 Å². The first kappa shape index (κ1) is 21.0. The van der Waals surface area contributed by atoms with Gasteiger partial charge in [-0.05, 0) is 19.1 Å². The third-order valence-electron chi connectivity index (χ3n) is 3.90. The van der Waals surface area contributed by atoms with E-state index in [2.05, 4.69) is 41.8 Å². The highest BCUT2D eigenvalue weighted by Crippen LogP contribution is 2.30. The largest absolute Gasteiger partial charge is 0.493 e. The first-order valence-electron chi connectivity index (χ1n) is 9.10. The van der Waals surface area contributed by atoms with Crippen LogP contribution in [-0.2, 0) is 11.8 Å². The van der Waals surface area contributed by atoms with E-state index in [1.807, 2.05) is 25.1 Å². The normalized spacial score (nSPS) is 12.0. The van der Waals surface area contributed by atoms with E-state index >= 15 is 0 Å². The number of benzene rings is 1. The van der Waals surface area contributed by atoms with Crippen molar-refractivity contribution in [3.8, 4) is 11.5 Å². The molecular formula is C20H30N4O2S. The van der Waals surface area contributed by atoms with Crippen LogP contribution in [0.2, 0.25) is 0 Å². The first-order chi connectivity index (χ1) is 12.9. The van der Waals surface area contributed by atoms with Crippen LogP contribution in [0.4, 0.5) is 5.69 Å². The van der Waals surface area contributed by atoms with Crippen LogP contribution in [0.1, 0.15) is 38.4 Å². The van der Waals surface area contributed by atoms with Crippen LogP contribution >= 0.6 is 11.3 Å². The molecule has 1 heterocycles. The molecule has 6 nitrogen and oxygen atoms in total. The van der Waals surface area contributed by atoms with Gasteiger partial charge in [-0.25, -0.2) is 4.98 Å². The lowest BCUT2D eigenvalue weighted by molar-refractivity contribution is 0.311. The fourth-order valence-corrected chi connectivity index (χ4v) is 3.42. The minimum atomic E-state index is 0.0898. The van der Waals surface area contributed by atoms with Crippen molar-refractivity contribution < 1.29 is 9.47 Å². The number of nitrogens with zero attached hydrogens (tertiary/aromatic N) is 2. The van der Waals surface area contributed by atoms with Gasteiger partial charge in [0, 0.05) is 42.6 Å². The molecule has 0 atom stereocenters. The highest BCUT2D eigenvalue weighted by atomic mass is 32.1. The summed E-state index contributed by atoms with van der Waals surface area (Å²) in [7, 11) is 3.39. The smallest absolute Gasteiger partial charge is 0.195 e. The third-order valence-corrected chi connectivity index (χ3v) is 4.81. The summed E-state index contributed by atoms with van der Waals surface area (Å²) >= 11 is 1.71. The second kappa shape index (κ2) is 9.60. The standard InChI is InChI=1S/C20H30N4O2S/c1-7-26-15-9-8-14(12-16(15)25-6)23-19(21-5)22-11-10-18-24-17(13-27-18)20(2,3)4/h8-9,12-13H,7,10-11H2,1-6H3,(H2,21,22,23). The molecule has 7 heteroatoms. The Bertz CT molecular complexity index is 766. The number of aliphatic imine (C=N–C) groups is 1. The first-order valence-corrected chi connectivity index (χ1v) is 9.98. The van der Waals surface area contributed by atoms with Gasteiger partial charge < -0.3 is 20.1 Å². The zero-order valence-corrected chi connectivity index (χ0v) is 17.9. The van der Waals surface area contributed by atoms with E-state index in [0.717, 1.165) is 35.1 Å². The molecule has 2 N–H and O–H groups in total. The summed E-state index contributed by atoms with van der Waals surface area (Å²) in [5, 5.41) is 9.88. The predicted molar refractivity (Wildman–Crippen MR) is 114 cm³/mol. The number of anilines is 1. The molecule has 0 bridgehead atoms. The lowest BCUT2D eigenvalue weighted by Gasteiger charge is -2.15. The zero-order valence-electron chi connectivity index (χ0n) is 17.0. The second-order valence-corrected chi connectivity index (χ2v) is 7.99. The lowest BCUT2D eigenvalue weighted by Crippen LogP contribution is -2.32. The maximum atomic E-state index is 5.55. The van der Waals surface area contributed by atoms with Crippen molar-refractivity contribution in [3.05, 3.63) is 34.3 Å². The number of hydrogen-bond acceptors (Lipinski definition) is 5. The summed E-state index contributed by atoms with van der Waals surface area (Å²) in [6.07, 6.45) is 0.855. The van der Waals surface area contributed by atoms with Crippen molar-refractivity contribution in [2.24, 2.45) is 4.99 Å². The summed E-state index contributed by atoms with van der Waals surface area (Å²) < 4.78 is 10.9. The number of thiazole rings is 1. The molecule has 0 aliphatic carbocycles. The monoisotopic (exact) mass is 390 g/mol. The van der Waals surface area contributed by atoms with E-state index in [1.54, 1.807) is 25.5 Å². The van der Waals surface area contributed by atoms with E-state index in [-0.39, 0.29) is 5.41 Å². The van der Waals surface area contributed by atoms with Crippen molar-refractivity contribution in [1.29, 1.82) is 0 Å². The Morgan fingerprint density at radius 3 is 2.63 bits per heavy atom. The lowest BCUT2D eigenvalue weighted by atomic mass is 9.93. The SMILES string of the molecule is CCOc1ccc(NC(=NC)NCCc2nc(C(C)(C)C)cs2)cc1OC. The van der Waals surface area contributed by atoms with Gasteiger partial charge in [0.15, 0.2) is 17.5 Å². The van der Waals surface area contributed by atoms with E-state index in [9.17, 15) is 0 Å². The fraction of sp³-hybridized carbons (Fsp3) is 0.500. The van der Waals surface area contributed by atoms with Crippen molar-refractivity contribution in [2.45, 2.75) is 39.5 Å². The molecule has 0 saturated carbocycles. The molecule has 27 heavy (non-hydrogen) atoms. The highest BCUT2D eigenvalue weighted by Gasteiger charge is 2.17. The minimum absolute atomic E-state index is 0.0898. The molecule has 0 aliphatic rings. The molecule has 0 spiro atoms. The van der Waals surface area contributed by atoms with Gasteiger partial charge in [-0.15, -0.1) is 11.3 Å². The molecule has 0 unspecified atom stereocenters. The van der Waals surface area contributed by atoms with Crippen molar-refractivity contribution in [2.75, 3.05) is 32.6 Å². The van der Waals surface area contributed by atoms with Gasteiger partial charge in [0.2, 0.25) is 0 Å².